The summed E-state index contributed by atoms with van der Waals surface area (Å²) >= 11 is 0. The molecule has 0 aliphatic carbocycles. The van der Waals surface area contributed by atoms with Gasteiger partial charge in [-0.2, -0.15) is 0 Å². The third-order valence-electron chi connectivity index (χ3n) is 5.04. The molecule has 1 fully saturated rings. The lowest BCUT2D eigenvalue weighted by molar-refractivity contribution is -0.127. The number of hydrogen-bond donors (Lipinski definition) is 0. The lowest BCUT2D eigenvalue weighted by Crippen LogP contribution is -2.30. The predicted molar refractivity (Wildman–Crippen MR) is 105 cm³/mol. The van der Waals surface area contributed by atoms with Crippen molar-refractivity contribution in [1.29, 1.82) is 0 Å². The first-order valence-corrected chi connectivity index (χ1v) is 9.30. The largest absolute Gasteiger partial charge is 0.329 e. The molecule has 1 amide bonds. The van der Waals surface area contributed by atoms with Crippen molar-refractivity contribution in [3.8, 4) is 0 Å². The van der Waals surface area contributed by atoms with Crippen molar-refractivity contribution < 1.29 is 4.79 Å². The van der Waals surface area contributed by atoms with Crippen molar-refractivity contribution in [2.45, 2.75) is 18.9 Å². The first-order chi connectivity index (χ1) is 13.8. The lowest BCUT2D eigenvalue weighted by Gasteiger charge is -2.22. The summed E-state index contributed by atoms with van der Waals surface area (Å²) in [6, 6.07) is 13.4. The minimum absolute atomic E-state index is 0.0508. The molecule has 0 spiro atoms. The Balaban J connectivity index is 1.39. The fourth-order valence-corrected chi connectivity index (χ4v) is 3.69. The highest BCUT2D eigenvalue weighted by Gasteiger charge is 2.32. The Hall–Kier alpha value is -3.61. The zero-order valence-corrected chi connectivity index (χ0v) is 15.1. The maximum Gasteiger partial charge on any atom is 0.247 e. The van der Waals surface area contributed by atoms with Gasteiger partial charge in [0.05, 0.1) is 29.0 Å². The second-order valence-electron chi connectivity index (χ2n) is 6.79. The molecular formula is C21H18N6O. The summed E-state index contributed by atoms with van der Waals surface area (Å²) in [7, 11) is 0. The van der Waals surface area contributed by atoms with Crippen LogP contribution in [0.25, 0.3) is 22.8 Å². The molecule has 1 unspecified atom stereocenters. The molecule has 0 saturated carbocycles. The predicted octanol–water partition coefficient (Wildman–Crippen LogP) is 3.05. The molecule has 1 aromatic carbocycles. The number of rotatable bonds is 3. The third kappa shape index (κ3) is 2.90. The average molecular weight is 370 g/mol. The van der Waals surface area contributed by atoms with E-state index in [2.05, 4.69) is 20.2 Å². The second kappa shape index (κ2) is 6.84. The molecule has 28 heavy (non-hydrogen) atoms. The number of carbonyl (C=O) groups is 1. The van der Waals surface area contributed by atoms with Crippen LogP contribution in [0.4, 0.5) is 0 Å². The van der Waals surface area contributed by atoms with Crippen molar-refractivity contribution >= 4 is 28.7 Å². The number of amides is 1. The van der Waals surface area contributed by atoms with E-state index in [4.69, 9.17) is 0 Å². The highest BCUT2D eigenvalue weighted by atomic mass is 16.2. The Morgan fingerprint density at radius 3 is 2.86 bits per heavy atom. The van der Waals surface area contributed by atoms with Crippen LogP contribution < -0.4 is 0 Å². The topological polar surface area (TPSA) is 76.3 Å². The summed E-state index contributed by atoms with van der Waals surface area (Å²) < 4.78 is 1.95. The second-order valence-corrected chi connectivity index (χ2v) is 6.79. The third-order valence-corrected chi connectivity index (χ3v) is 5.04. The molecule has 7 nitrogen and oxygen atoms in total. The Morgan fingerprint density at radius 2 is 1.93 bits per heavy atom. The molecule has 0 N–H and O–H groups in total. The van der Waals surface area contributed by atoms with Gasteiger partial charge in [-0.25, -0.2) is 4.98 Å². The van der Waals surface area contributed by atoms with E-state index >= 15 is 0 Å². The maximum atomic E-state index is 12.9. The van der Waals surface area contributed by atoms with Crippen molar-refractivity contribution in [2.24, 2.45) is 0 Å². The van der Waals surface area contributed by atoms with Gasteiger partial charge >= 0.3 is 0 Å². The number of pyridine rings is 1. The Morgan fingerprint density at radius 1 is 1.07 bits per heavy atom. The number of likely N-dealkylation sites (tertiary alicyclic amines) is 1. The molecule has 4 heterocycles. The van der Waals surface area contributed by atoms with Gasteiger partial charge < -0.3 is 4.90 Å². The van der Waals surface area contributed by atoms with Gasteiger partial charge in [0.15, 0.2) is 11.5 Å². The van der Waals surface area contributed by atoms with Crippen LogP contribution in [0.2, 0.25) is 0 Å². The number of benzene rings is 1. The molecule has 1 saturated heterocycles. The van der Waals surface area contributed by atoms with Gasteiger partial charge in [0, 0.05) is 18.8 Å². The number of aromatic nitrogens is 5. The minimum Gasteiger partial charge on any atom is -0.329 e. The van der Waals surface area contributed by atoms with E-state index in [0.717, 1.165) is 35.3 Å². The van der Waals surface area contributed by atoms with Crippen LogP contribution >= 0.6 is 0 Å². The normalized spacial score (nSPS) is 17.1. The standard InChI is InChI=1S/C21H18N6O/c28-20(11-10-15-14-22-16-6-1-2-7-17(16)23-15)26-13-5-8-18(26)21-25-24-19-9-3-4-12-27(19)21/h1-4,6-7,9-12,14,18H,5,8,13H2. The van der Waals surface area contributed by atoms with E-state index in [-0.39, 0.29) is 11.9 Å². The fourth-order valence-electron chi connectivity index (χ4n) is 3.69. The quantitative estimate of drug-likeness (QED) is 0.518. The van der Waals surface area contributed by atoms with E-state index in [0.29, 0.717) is 12.2 Å². The molecule has 7 heteroatoms. The van der Waals surface area contributed by atoms with Crippen LogP contribution in [0.3, 0.4) is 0 Å². The first-order valence-electron chi connectivity index (χ1n) is 9.30. The summed E-state index contributed by atoms with van der Waals surface area (Å²) in [5.41, 5.74) is 3.10. The summed E-state index contributed by atoms with van der Waals surface area (Å²) in [5, 5.41) is 8.55. The SMILES string of the molecule is O=C(C=Cc1cnc2ccccc2n1)N1CCCC1c1nnc2ccccn12. The van der Waals surface area contributed by atoms with E-state index in [1.54, 1.807) is 18.3 Å². The summed E-state index contributed by atoms with van der Waals surface area (Å²) in [5.74, 6) is 0.755. The maximum absolute atomic E-state index is 12.9. The van der Waals surface area contributed by atoms with E-state index in [1.807, 2.05) is 58.0 Å². The fraction of sp³-hybridized carbons (Fsp3) is 0.190. The van der Waals surface area contributed by atoms with Gasteiger partial charge in [0.2, 0.25) is 5.91 Å². The first kappa shape index (κ1) is 16.6. The number of carbonyl (C=O) groups excluding carboxylic acids is 1. The molecular weight excluding hydrogens is 352 g/mol. The number of nitrogens with zero attached hydrogens (tertiary/aromatic N) is 6. The molecule has 0 bridgehead atoms. The average Bonchev–Trinajstić information content (AvgIpc) is 3.38. The highest BCUT2D eigenvalue weighted by molar-refractivity contribution is 5.92. The van der Waals surface area contributed by atoms with Crippen LogP contribution in [-0.2, 0) is 4.79 Å². The van der Waals surface area contributed by atoms with Crippen molar-refractivity contribution in [2.75, 3.05) is 6.54 Å². The molecule has 3 aromatic heterocycles. The molecule has 1 atom stereocenters. The zero-order valence-electron chi connectivity index (χ0n) is 15.1. The van der Waals surface area contributed by atoms with Crippen molar-refractivity contribution in [3.05, 3.63) is 72.5 Å². The summed E-state index contributed by atoms with van der Waals surface area (Å²) in [6.45, 7) is 0.707. The summed E-state index contributed by atoms with van der Waals surface area (Å²) in [6.07, 6.45) is 8.73. The zero-order chi connectivity index (χ0) is 18.9. The highest BCUT2D eigenvalue weighted by Crippen LogP contribution is 2.31. The Labute approximate surface area is 161 Å². The van der Waals surface area contributed by atoms with E-state index < -0.39 is 0 Å². The van der Waals surface area contributed by atoms with E-state index in [1.165, 1.54) is 0 Å². The van der Waals surface area contributed by atoms with Gasteiger partial charge in [-0.15, -0.1) is 10.2 Å². The molecule has 4 aromatic rings. The van der Waals surface area contributed by atoms with Gasteiger partial charge in [0.1, 0.15) is 0 Å². The van der Waals surface area contributed by atoms with Crippen LogP contribution in [-0.4, -0.2) is 41.9 Å². The minimum atomic E-state index is -0.0720. The molecule has 1 aliphatic rings. The number of hydrogen-bond acceptors (Lipinski definition) is 5. The summed E-state index contributed by atoms with van der Waals surface area (Å²) in [4.78, 5) is 23.6. The van der Waals surface area contributed by atoms with Crippen LogP contribution in [0, 0.1) is 0 Å². The Kier molecular flexibility index (Phi) is 4.05. The van der Waals surface area contributed by atoms with E-state index in [9.17, 15) is 4.79 Å². The number of para-hydroxylation sites is 2. The number of fused-ring (bicyclic) bond motifs is 2. The van der Waals surface area contributed by atoms with Gasteiger partial charge in [0.25, 0.3) is 0 Å². The molecule has 5 rings (SSSR count). The Bertz CT molecular complexity index is 1200. The van der Waals surface area contributed by atoms with Gasteiger partial charge in [-0.3, -0.25) is 14.2 Å². The van der Waals surface area contributed by atoms with Crippen LogP contribution in [0.5, 0.6) is 0 Å². The van der Waals surface area contributed by atoms with Crippen molar-refractivity contribution in [3.63, 3.8) is 0 Å². The van der Waals surface area contributed by atoms with Crippen LogP contribution in [0.1, 0.15) is 30.4 Å². The lowest BCUT2D eigenvalue weighted by atomic mass is 10.2. The smallest absolute Gasteiger partial charge is 0.247 e. The van der Waals surface area contributed by atoms with Gasteiger partial charge in [-0.1, -0.05) is 18.2 Å². The molecule has 1 aliphatic heterocycles. The van der Waals surface area contributed by atoms with Crippen molar-refractivity contribution in [1.82, 2.24) is 29.5 Å². The molecule has 0 radical (unpaired) electrons. The molecule has 138 valence electrons. The monoisotopic (exact) mass is 370 g/mol. The van der Waals surface area contributed by atoms with Crippen LogP contribution in [0.15, 0.2) is 60.9 Å². The van der Waals surface area contributed by atoms with Gasteiger partial charge in [-0.05, 0) is 43.2 Å².